The van der Waals surface area contributed by atoms with E-state index >= 15 is 0 Å². The van der Waals surface area contributed by atoms with Gasteiger partial charge in [-0.25, -0.2) is 0 Å². The third kappa shape index (κ3) is 7.32. The van der Waals surface area contributed by atoms with E-state index < -0.39 is 0 Å². The van der Waals surface area contributed by atoms with Crippen molar-refractivity contribution in [3.8, 4) is 0 Å². The van der Waals surface area contributed by atoms with Gasteiger partial charge in [0.1, 0.15) is 0 Å². The molecule has 0 aromatic carbocycles. The molecule has 0 aliphatic carbocycles. The van der Waals surface area contributed by atoms with Gasteiger partial charge in [-0.15, -0.1) is 0 Å². The molecular formula is C9H18Br2. The van der Waals surface area contributed by atoms with Gasteiger partial charge in [0.25, 0.3) is 0 Å². The molecular weight excluding hydrogens is 268 g/mol. The topological polar surface area (TPSA) is 0 Å². The fourth-order valence-electron chi connectivity index (χ4n) is 1.02. The lowest BCUT2D eigenvalue weighted by molar-refractivity contribution is 0.634. The molecule has 11 heavy (non-hydrogen) atoms. The van der Waals surface area contributed by atoms with Crippen LogP contribution in [0.2, 0.25) is 0 Å². The van der Waals surface area contributed by atoms with Crippen molar-refractivity contribution in [3.05, 3.63) is 0 Å². The Balaban J connectivity index is 3.22. The van der Waals surface area contributed by atoms with Gasteiger partial charge in [-0.3, -0.25) is 0 Å². The Kier molecular flexibility index (Phi) is 8.26. The minimum atomic E-state index is 0.722. The number of halogens is 2. The number of rotatable bonds is 6. The molecule has 0 rings (SSSR count). The first kappa shape index (κ1) is 12.0. The average Bonchev–Trinajstić information content (AvgIpc) is 2.01. The Morgan fingerprint density at radius 1 is 0.909 bits per heavy atom. The van der Waals surface area contributed by atoms with Gasteiger partial charge in [-0.2, -0.15) is 0 Å². The van der Waals surface area contributed by atoms with Crippen molar-refractivity contribution in [1.82, 2.24) is 0 Å². The largest absolute Gasteiger partial charge is 0.0891 e. The van der Waals surface area contributed by atoms with Gasteiger partial charge in [-0.05, 0) is 25.7 Å². The molecule has 0 aromatic heterocycles. The smallest absolute Gasteiger partial charge is 0.0146 e. The van der Waals surface area contributed by atoms with Gasteiger partial charge < -0.3 is 0 Å². The molecule has 68 valence electrons. The van der Waals surface area contributed by atoms with E-state index in [2.05, 4.69) is 45.7 Å². The molecule has 0 nitrogen and oxygen atoms in total. The van der Waals surface area contributed by atoms with Gasteiger partial charge in [0.05, 0.1) is 0 Å². The molecule has 0 aliphatic heterocycles. The molecule has 0 fully saturated rings. The van der Waals surface area contributed by atoms with E-state index in [1.807, 2.05) is 0 Å². The summed E-state index contributed by atoms with van der Waals surface area (Å²) in [5, 5.41) is 0. The summed E-state index contributed by atoms with van der Waals surface area (Å²) in [5.41, 5.74) is 0. The fraction of sp³-hybridized carbons (Fsp3) is 1.00. The summed E-state index contributed by atoms with van der Waals surface area (Å²) in [4.78, 5) is 1.46. The van der Waals surface area contributed by atoms with E-state index in [1.165, 1.54) is 32.1 Å². The summed E-state index contributed by atoms with van der Waals surface area (Å²) in [5.74, 6) is 0. The van der Waals surface area contributed by atoms with Crippen LogP contribution in [0.25, 0.3) is 0 Å². The SMILES string of the molecule is CCCC(Br)CCC(Br)CC. The summed E-state index contributed by atoms with van der Waals surface area (Å²) in [6, 6.07) is 0. The van der Waals surface area contributed by atoms with Crippen LogP contribution >= 0.6 is 31.9 Å². The Morgan fingerprint density at radius 2 is 1.45 bits per heavy atom. The highest BCUT2D eigenvalue weighted by molar-refractivity contribution is 9.09. The molecule has 2 unspecified atom stereocenters. The Labute approximate surface area is 87.4 Å². The molecule has 0 heterocycles. The number of hydrogen-bond acceptors (Lipinski definition) is 0. The lowest BCUT2D eigenvalue weighted by Gasteiger charge is -2.10. The van der Waals surface area contributed by atoms with E-state index in [9.17, 15) is 0 Å². The summed E-state index contributed by atoms with van der Waals surface area (Å²) in [6.45, 7) is 4.46. The Bertz CT molecular complexity index is 83.6. The van der Waals surface area contributed by atoms with Crippen molar-refractivity contribution in [2.75, 3.05) is 0 Å². The first-order chi connectivity index (χ1) is 5.20. The third-order valence-corrected chi connectivity index (χ3v) is 3.86. The Morgan fingerprint density at radius 3 is 1.91 bits per heavy atom. The number of hydrogen-bond donors (Lipinski definition) is 0. The minimum Gasteiger partial charge on any atom is -0.0891 e. The van der Waals surface area contributed by atoms with Crippen molar-refractivity contribution in [1.29, 1.82) is 0 Å². The molecule has 0 radical (unpaired) electrons. The lowest BCUT2D eigenvalue weighted by Crippen LogP contribution is -2.02. The second-order valence-electron chi connectivity index (χ2n) is 2.97. The molecule has 0 amide bonds. The minimum absolute atomic E-state index is 0.722. The highest BCUT2D eigenvalue weighted by Gasteiger charge is 2.06. The van der Waals surface area contributed by atoms with Crippen molar-refractivity contribution < 1.29 is 0 Å². The zero-order chi connectivity index (χ0) is 8.69. The van der Waals surface area contributed by atoms with Crippen LogP contribution in [0, 0.1) is 0 Å². The normalized spacial score (nSPS) is 16.4. The quantitative estimate of drug-likeness (QED) is 0.630. The zero-order valence-electron chi connectivity index (χ0n) is 7.45. The van der Waals surface area contributed by atoms with Crippen molar-refractivity contribution >= 4 is 31.9 Å². The first-order valence-corrected chi connectivity index (χ1v) is 6.31. The standard InChI is InChI=1S/C9H18Br2/c1-3-5-9(11)7-6-8(10)4-2/h8-9H,3-7H2,1-2H3. The lowest BCUT2D eigenvalue weighted by atomic mass is 10.1. The molecule has 0 bridgehead atoms. The van der Waals surface area contributed by atoms with Crippen LogP contribution in [0.3, 0.4) is 0 Å². The molecule has 0 spiro atoms. The maximum Gasteiger partial charge on any atom is 0.0146 e. The van der Waals surface area contributed by atoms with E-state index in [0.29, 0.717) is 0 Å². The summed E-state index contributed by atoms with van der Waals surface area (Å²) >= 11 is 7.31. The van der Waals surface area contributed by atoms with Crippen molar-refractivity contribution in [2.45, 2.75) is 55.6 Å². The molecule has 0 aliphatic rings. The molecule has 0 N–H and O–H groups in total. The predicted molar refractivity (Wildman–Crippen MR) is 59.9 cm³/mol. The zero-order valence-corrected chi connectivity index (χ0v) is 10.6. The molecule has 0 saturated carbocycles. The van der Waals surface area contributed by atoms with E-state index in [0.717, 1.165) is 9.65 Å². The molecule has 0 aromatic rings. The first-order valence-electron chi connectivity index (χ1n) is 4.48. The van der Waals surface area contributed by atoms with Crippen LogP contribution in [-0.2, 0) is 0 Å². The van der Waals surface area contributed by atoms with Crippen LogP contribution in [0.15, 0.2) is 0 Å². The maximum absolute atomic E-state index is 3.67. The summed E-state index contributed by atoms with van der Waals surface area (Å²) in [7, 11) is 0. The van der Waals surface area contributed by atoms with Crippen LogP contribution in [0.4, 0.5) is 0 Å². The molecule has 2 heteroatoms. The predicted octanol–water partition coefficient (Wildman–Crippen LogP) is 4.50. The van der Waals surface area contributed by atoms with Crippen molar-refractivity contribution in [2.24, 2.45) is 0 Å². The average molecular weight is 286 g/mol. The van der Waals surface area contributed by atoms with Gasteiger partial charge in [0.2, 0.25) is 0 Å². The van der Waals surface area contributed by atoms with Crippen LogP contribution < -0.4 is 0 Å². The van der Waals surface area contributed by atoms with E-state index in [4.69, 9.17) is 0 Å². The van der Waals surface area contributed by atoms with Gasteiger partial charge in [-0.1, -0.05) is 52.1 Å². The maximum atomic E-state index is 3.67. The highest BCUT2D eigenvalue weighted by Crippen LogP contribution is 2.19. The van der Waals surface area contributed by atoms with Gasteiger partial charge in [0.15, 0.2) is 0 Å². The van der Waals surface area contributed by atoms with Gasteiger partial charge >= 0.3 is 0 Å². The highest BCUT2D eigenvalue weighted by atomic mass is 79.9. The molecule has 2 atom stereocenters. The monoisotopic (exact) mass is 284 g/mol. The third-order valence-electron chi connectivity index (χ3n) is 1.84. The van der Waals surface area contributed by atoms with E-state index in [-0.39, 0.29) is 0 Å². The fourth-order valence-corrected chi connectivity index (χ4v) is 2.01. The summed E-state index contributed by atoms with van der Waals surface area (Å²) < 4.78 is 0. The number of alkyl halides is 2. The van der Waals surface area contributed by atoms with Crippen LogP contribution in [0.1, 0.15) is 46.0 Å². The van der Waals surface area contributed by atoms with E-state index in [1.54, 1.807) is 0 Å². The second kappa shape index (κ2) is 7.60. The van der Waals surface area contributed by atoms with Crippen LogP contribution in [-0.4, -0.2) is 9.65 Å². The van der Waals surface area contributed by atoms with Crippen molar-refractivity contribution in [3.63, 3.8) is 0 Å². The Hall–Kier alpha value is 0.960. The van der Waals surface area contributed by atoms with Gasteiger partial charge in [0, 0.05) is 9.65 Å². The summed E-state index contributed by atoms with van der Waals surface area (Å²) in [6.07, 6.45) is 6.44. The second-order valence-corrected chi connectivity index (χ2v) is 5.56. The molecule has 0 saturated heterocycles. The van der Waals surface area contributed by atoms with Crippen LogP contribution in [0.5, 0.6) is 0 Å².